The number of benzene rings is 1. The maximum Gasteiger partial charge on any atom is 0.245 e. The molecule has 0 saturated carbocycles. The Morgan fingerprint density at radius 2 is 2.11 bits per heavy atom. The van der Waals surface area contributed by atoms with Crippen LogP contribution in [0.3, 0.4) is 0 Å². The van der Waals surface area contributed by atoms with E-state index < -0.39 is 10.0 Å². The third-order valence-electron chi connectivity index (χ3n) is 3.62. The quantitative estimate of drug-likeness (QED) is 0.932. The number of rotatable bonds is 3. The van der Waals surface area contributed by atoms with Crippen LogP contribution in [0.4, 0.5) is 0 Å². The molecule has 0 amide bonds. The summed E-state index contributed by atoms with van der Waals surface area (Å²) in [6.07, 6.45) is 1.74. The number of sulfonamides is 1. The molecule has 0 bridgehead atoms. The zero-order valence-corrected chi connectivity index (χ0v) is 12.8. The van der Waals surface area contributed by atoms with E-state index in [9.17, 15) is 8.42 Å². The van der Waals surface area contributed by atoms with Gasteiger partial charge in [-0.3, -0.25) is 0 Å². The third-order valence-corrected chi connectivity index (χ3v) is 6.22. The molecular formula is C13H19ClN2O2S. The predicted octanol–water partition coefficient (Wildman–Crippen LogP) is 2.36. The number of nitrogens with zero attached hydrogens (tertiary/aromatic N) is 1. The first-order valence-electron chi connectivity index (χ1n) is 6.30. The number of hydrogen-bond donors (Lipinski definition) is 1. The summed E-state index contributed by atoms with van der Waals surface area (Å²) in [5.41, 5.74) is 5.97. The van der Waals surface area contributed by atoms with E-state index in [1.54, 1.807) is 22.5 Å². The molecule has 1 fully saturated rings. The second-order valence-corrected chi connectivity index (χ2v) is 7.70. The maximum atomic E-state index is 12.7. The number of halogens is 1. The predicted molar refractivity (Wildman–Crippen MR) is 76.5 cm³/mol. The van der Waals surface area contributed by atoms with Gasteiger partial charge in [-0.1, -0.05) is 17.7 Å². The standard InChI is InChI=1S/C13H19ClN2O2S/c1-13(2)6-3-7-16(13)19(17,18)12-8-10(9-15)4-5-11(12)14/h4-5,8H,3,6-7,9,15H2,1-2H3. The summed E-state index contributed by atoms with van der Waals surface area (Å²) in [6.45, 7) is 4.72. The molecule has 0 atom stereocenters. The highest BCUT2D eigenvalue weighted by Gasteiger charge is 2.41. The van der Waals surface area contributed by atoms with Crippen molar-refractivity contribution in [2.24, 2.45) is 5.73 Å². The highest BCUT2D eigenvalue weighted by Crippen LogP contribution is 2.36. The Kier molecular flexibility index (Phi) is 3.93. The van der Waals surface area contributed by atoms with Gasteiger partial charge in [0.25, 0.3) is 0 Å². The lowest BCUT2D eigenvalue weighted by atomic mass is 10.0. The average Bonchev–Trinajstić information content (AvgIpc) is 2.70. The first-order chi connectivity index (χ1) is 8.79. The van der Waals surface area contributed by atoms with E-state index in [1.807, 2.05) is 13.8 Å². The second-order valence-electron chi connectivity index (χ2n) is 5.46. The highest BCUT2D eigenvalue weighted by molar-refractivity contribution is 7.89. The molecule has 2 N–H and O–H groups in total. The van der Waals surface area contributed by atoms with Crippen LogP contribution < -0.4 is 5.73 Å². The molecule has 1 aliphatic rings. The van der Waals surface area contributed by atoms with Crippen LogP contribution in [0.5, 0.6) is 0 Å². The summed E-state index contributed by atoms with van der Waals surface area (Å²) in [6, 6.07) is 4.92. The summed E-state index contributed by atoms with van der Waals surface area (Å²) >= 11 is 6.06. The zero-order valence-electron chi connectivity index (χ0n) is 11.2. The van der Waals surface area contributed by atoms with Crippen molar-refractivity contribution in [3.63, 3.8) is 0 Å². The lowest BCUT2D eigenvalue weighted by Gasteiger charge is -2.30. The van der Waals surface area contributed by atoms with E-state index in [2.05, 4.69) is 0 Å². The fourth-order valence-electron chi connectivity index (χ4n) is 2.52. The molecule has 6 heteroatoms. The Hall–Kier alpha value is -0.620. The molecular weight excluding hydrogens is 284 g/mol. The van der Waals surface area contributed by atoms with E-state index in [1.165, 1.54) is 0 Å². The summed E-state index contributed by atoms with van der Waals surface area (Å²) in [4.78, 5) is 0.159. The van der Waals surface area contributed by atoms with Crippen molar-refractivity contribution in [3.8, 4) is 0 Å². The van der Waals surface area contributed by atoms with E-state index >= 15 is 0 Å². The van der Waals surface area contributed by atoms with E-state index in [-0.39, 0.29) is 15.5 Å². The molecule has 1 saturated heterocycles. The van der Waals surface area contributed by atoms with Crippen molar-refractivity contribution >= 4 is 21.6 Å². The lowest BCUT2D eigenvalue weighted by Crippen LogP contribution is -2.42. The van der Waals surface area contributed by atoms with Gasteiger partial charge in [-0.2, -0.15) is 4.31 Å². The van der Waals surface area contributed by atoms with Crippen molar-refractivity contribution in [2.45, 2.75) is 43.7 Å². The fourth-order valence-corrected chi connectivity index (χ4v) is 4.89. The Morgan fingerprint density at radius 3 is 2.63 bits per heavy atom. The van der Waals surface area contributed by atoms with Gasteiger partial charge in [0.05, 0.1) is 5.02 Å². The summed E-state index contributed by atoms with van der Waals surface area (Å²) < 4.78 is 27.0. The van der Waals surface area contributed by atoms with E-state index in [0.717, 1.165) is 18.4 Å². The van der Waals surface area contributed by atoms with Crippen LogP contribution in [0.15, 0.2) is 23.1 Å². The fraction of sp³-hybridized carbons (Fsp3) is 0.538. The molecule has 19 heavy (non-hydrogen) atoms. The average molecular weight is 303 g/mol. The topological polar surface area (TPSA) is 63.4 Å². The third kappa shape index (κ3) is 2.65. The second kappa shape index (κ2) is 5.05. The highest BCUT2D eigenvalue weighted by atomic mass is 35.5. The molecule has 1 aromatic carbocycles. The lowest BCUT2D eigenvalue weighted by molar-refractivity contribution is 0.291. The van der Waals surface area contributed by atoms with Crippen LogP contribution in [0, 0.1) is 0 Å². The zero-order chi connectivity index (χ0) is 14.3. The van der Waals surface area contributed by atoms with Crippen molar-refractivity contribution in [3.05, 3.63) is 28.8 Å². The smallest absolute Gasteiger partial charge is 0.245 e. The largest absolute Gasteiger partial charge is 0.326 e. The van der Waals surface area contributed by atoms with E-state index in [4.69, 9.17) is 17.3 Å². The van der Waals surface area contributed by atoms with Gasteiger partial charge in [0, 0.05) is 18.6 Å². The molecule has 2 rings (SSSR count). The molecule has 1 heterocycles. The maximum absolute atomic E-state index is 12.7. The molecule has 4 nitrogen and oxygen atoms in total. The van der Waals surface area contributed by atoms with Gasteiger partial charge >= 0.3 is 0 Å². The van der Waals surface area contributed by atoms with Crippen molar-refractivity contribution in [1.29, 1.82) is 0 Å². The van der Waals surface area contributed by atoms with Crippen molar-refractivity contribution < 1.29 is 8.42 Å². The van der Waals surface area contributed by atoms with Gasteiger partial charge in [0.15, 0.2) is 0 Å². The Labute approximate surface area is 119 Å². The van der Waals surface area contributed by atoms with E-state index in [0.29, 0.717) is 13.1 Å². The van der Waals surface area contributed by atoms with Gasteiger partial charge in [-0.25, -0.2) is 8.42 Å². The van der Waals surface area contributed by atoms with Crippen LogP contribution in [-0.4, -0.2) is 24.8 Å². The molecule has 1 aliphatic heterocycles. The number of hydrogen-bond acceptors (Lipinski definition) is 3. The minimum Gasteiger partial charge on any atom is -0.326 e. The van der Waals surface area contributed by atoms with Gasteiger partial charge in [0.1, 0.15) is 4.90 Å². The Balaban J connectivity index is 2.51. The molecule has 0 radical (unpaired) electrons. The molecule has 106 valence electrons. The van der Waals surface area contributed by atoms with Crippen molar-refractivity contribution in [1.82, 2.24) is 4.31 Å². The molecule has 0 aliphatic carbocycles. The molecule has 1 aromatic rings. The van der Waals surface area contributed by atoms with Gasteiger partial charge in [0.2, 0.25) is 10.0 Å². The minimum atomic E-state index is -3.56. The van der Waals surface area contributed by atoms with Crippen LogP contribution in [0.2, 0.25) is 5.02 Å². The molecule has 0 aromatic heterocycles. The summed E-state index contributed by atoms with van der Waals surface area (Å²) in [5, 5.41) is 0.250. The van der Waals surface area contributed by atoms with Crippen molar-refractivity contribution in [2.75, 3.05) is 6.54 Å². The molecule has 0 spiro atoms. The van der Waals surface area contributed by atoms with Gasteiger partial charge in [-0.05, 0) is 44.4 Å². The van der Waals surface area contributed by atoms with Gasteiger partial charge in [-0.15, -0.1) is 0 Å². The number of nitrogens with two attached hydrogens (primary N) is 1. The SMILES string of the molecule is CC1(C)CCCN1S(=O)(=O)c1cc(CN)ccc1Cl. The van der Waals surface area contributed by atoms with Gasteiger partial charge < -0.3 is 5.73 Å². The Bertz CT molecular complexity index is 584. The first-order valence-corrected chi connectivity index (χ1v) is 8.12. The van der Waals surface area contributed by atoms with Crippen LogP contribution >= 0.6 is 11.6 Å². The monoisotopic (exact) mass is 302 g/mol. The van der Waals surface area contributed by atoms with Crippen LogP contribution in [0.25, 0.3) is 0 Å². The first kappa shape index (κ1) is 14.8. The summed E-state index contributed by atoms with van der Waals surface area (Å²) in [5.74, 6) is 0. The molecule has 0 unspecified atom stereocenters. The normalized spacial score (nSPS) is 19.8. The Morgan fingerprint density at radius 1 is 1.42 bits per heavy atom. The summed E-state index contributed by atoms with van der Waals surface area (Å²) in [7, 11) is -3.56. The minimum absolute atomic E-state index is 0.159. The van der Waals surface area contributed by atoms with Crippen LogP contribution in [0.1, 0.15) is 32.3 Å². The van der Waals surface area contributed by atoms with Crippen LogP contribution in [-0.2, 0) is 16.6 Å².